The number of aromatic nitrogens is 2. The quantitative estimate of drug-likeness (QED) is 0.774. The number of aryl methyl sites for hydroxylation is 1. The van der Waals surface area contributed by atoms with Gasteiger partial charge in [0.05, 0.1) is 11.7 Å². The number of nitrogens with zero attached hydrogens (tertiary/aromatic N) is 2. The molecule has 3 heteroatoms. The second kappa shape index (κ2) is 4.13. The van der Waals surface area contributed by atoms with Gasteiger partial charge < -0.3 is 5.32 Å². The molecule has 1 N–H and O–H groups in total. The molecule has 3 nitrogen and oxygen atoms in total. The molecule has 0 amide bonds. The highest BCUT2D eigenvalue weighted by Gasteiger charge is 2.32. The summed E-state index contributed by atoms with van der Waals surface area (Å²) in [6.07, 6.45) is 5.79. The maximum absolute atomic E-state index is 4.36. The first-order valence-electron chi connectivity index (χ1n) is 5.55. The Balaban J connectivity index is 2.15. The second-order valence-electron chi connectivity index (χ2n) is 4.08. The van der Waals surface area contributed by atoms with Crippen LogP contribution in [-0.2, 0) is 6.54 Å². The van der Waals surface area contributed by atoms with Crippen LogP contribution >= 0.6 is 0 Å². The summed E-state index contributed by atoms with van der Waals surface area (Å²) in [7, 11) is 2.05. The monoisotopic (exact) mass is 193 g/mol. The largest absolute Gasteiger partial charge is 0.311 e. The maximum Gasteiger partial charge on any atom is 0.0556 e. The van der Waals surface area contributed by atoms with Crippen molar-refractivity contribution in [1.82, 2.24) is 15.1 Å². The van der Waals surface area contributed by atoms with E-state index >= 15 is 0 Å². The van der Waals surface area contributed by atoms with Crippen LogP contribution in [0.2, 0.25) is 0 Å². The molecule has 1 fully saturated rings. The van der Waals surface area contributed by atoms with Gasteiger partial charge in [0.1, 0.15) is 0 Å². The molecule has 0 radical (unpaired) electrons. The molecular formula is C11H19N3. The fraction of sp³-hybridized carbons (Fsp3) is 0.727. The lowest BCUT2D eigenvalue weighted by Crippen LogP contribution is -2.22. The van der Waals surface area contributed by atoms with Crippen LogP contribution in [0.1, 0.15) is 37.9 Å². The predicted octanol–water partition coefficient (Wildman–Crippen LogP) is 1.96. The lowest BCUT2D eigenvalue weighted by atomic mass is 10.1. The molecule has 1 saturated carbocycles. The highest BCUT2D eigenvalue weighted by Crippen LogP contribution is 2.40. The van der Waals surface area contributed by atoms with Gasteiger partial charge in [0.25, 0.3) is 0 Å². The summed E-state index contributed by atoms with van der Waals surface area (Å²) in [4.78, 5) is 0. The fourth-order valence-corrected chi connectivity index (χ4v) is 2.06. The minimum atomic E-state index is 0.518. The highest BCUT2D eigenvalue weighted by atomic mass is 15.3. The van der Waals surface area contributed by atoms with Crippen molar-refractivity contribution < 1.29 is 0 Å². The lowest BCUT2D eigenvalue weighted by Gasteiger charge is -2.16. The number of nitrogens with one attached hydrogen (secondary N) is 1. The summed E-state index contributed by atoms with van der Waals surface area (Å²) in [5.74, 6) is 0.840. The average molecular weight is 193 g/mol. The normalized spacial score (nSPS) is 18.4. The van der Waals surface area contributed by atoms with Crippen LogP contribution in [0.15, 0.2) is 12.3 Å². The smallest absolute Gasteiger partial charge is 0.0556 e. The first kappa shape index (κ1) is 9.71. The fourth-order valence-electron chi connectivity index (χ4n) is 2.06. The van der Waals surface area contributed by atoms with E-state index < -0.39 is 0 Å². The maximum atomic E-state index is 4.36. The lowest BCUT2D eigenvalue weighted by molar-refractivity contribution is 0.462. The second-order valence-corrected chi connectivity index (χ2v) is 4.08. The van der Waals surface area contributed by atoms with E-state index in [0.717, 1.165) is 18.9 Å². The Kier molecular flexibility index (Phi) is 2.87. The number of hydrogen-bond acceptors (Lipinski definition) is 2. The molecule has 0 saturated heterocycles. The van der Waals surface area contributed by atoms with Gasteiger partial charge in [-0.25, -0.2) is 0 Å². The predicted molar refractivity (Wildman–Crippen MR) is 57.0 cm³/mol. The van der Waals surface area contributed by atoms with E-state index in [9.17, 15) is 0 Å². The van der Waals surface area contributed by atoms with Crippen molar-refractivity contribution in [1.29, 1.82) is 0 Å². The van der Waals surface area contributed by atoms with Crippen molar-refractivity contribution in [3.05, 3.63) is 18.0 Å². The third-order valence-electron chi connectivity index (χ3n) is 2.91. The van der Waals surface area contributed by atoms with E-state index in [4.69, 9.17) is 0 Å². The van der Waals surface area contributed by atoms with E-state index in [0.29, 0.717) is 6.04 Å². The van der Waals surface area contributed by atoms with Crippen LogP contribution in [0.25, 0.3) is 0 Å². The zero-order chi connectivity index (χ0) is 9.97. The summed E-state index contributed by atoms with van der Waals surface area (Å²) in [5.41, 5.74) is 1.36. The van der Waals surface area contributed by atoms with Gasteiger partial charge in [-0.05, 0) is 38.3 Å². The summed E-state index contributed by atoms with van der Waals surface area (Å²) in [6, 6.07) is 2.67. The van der Waals surface area contributed by atoms with Crippen LogP contribution in [0, 0.1) is 5.92 Å². The molecule has 78 valence electrons. The number of rotatable bonds is 5. The molecule has 1 unspecified atom stereocenters. The topological polar surface area (TPSA) is 29.9 Å². The SMILES string of the molecule is CCCn1nccc1C(NC)C1CC1. The van der Waals surface area contributed by atoms with Crippen LogP contribution in [-0.4, -0.2) is 16.8 Å². The minimum absolute atomic E-state index is 0.518. The molecule has 14 heavy (non-hydrogen) atoms. The zero-order valence-corrected chi connectivity index (χ0v) is 9.03. The molecule has 0 aliphatic heterocycles. The van der Waals surface area contributed by atoms with Gasteiger partial charge in [-0.15, -0.1) is 0 Å². The van der Waals surface area contributed by atoms with E-state index in [1.165, 1.54) is 18.5 Å². The van der Waals surface area contributed by atoms with Gasteiger partial charge in [0.15, 0.2) is 0 Å². The molecule has 1 heterocycles. The Hall–Kier alpha value is -0.830. The third-order valence-corrected chi connectivity index (χ3v) is 2.91. The number of hydrogen-bond donors (Lipinski definition) is 1. The average Bonchev–Trinajstić information content (AvgIpc) is 2.91. The van der Waals surface area contributed by atoms with Gasteiger partial charge in [-0.1, -0.05) is 6.92 Å². The Morgan fingerprint density at radius 1 is 1.64 bits per heavy atom. The molecule has 1 aromatic rings. The first-order valence-corrected chi connectivity index (χ1v) is 5.55. The van der Waals surface area contributed by atoms with Crippen molar-refractivity contribution in [2.45, 2.75) is 38.8 Å². The van der Waals surface area contributed by atoms with E-state index in [1.807, 2.05) is 13.2 Å². The van der Waals surface area contributed by atoms with Crippen LogP contribution in [0.5, 0.6) is 0 Å². The molecule has 0 aromatic carbocycles. The van der Waals surface area contributed by atoms with Crippen molar-refractivity contribution in [3.63, 3.8) is 0 Å². The van der Waals surface area contributed by atoms with Gasteiger partial charge in [0.2, 0.25) is 0 Å². The minimum Gasteiger partial charge on any atom is -0.311 e. The van der Waals surface area contributed by atoms with E-state index in [-0.39, 0.29) is 0 Å². The van der Waals surface area contributed by atoms with Crippen molar-refractivity contribution in [3.8, 4) is 0 Å². The molecular weight excluding hydrogens is 174 g/mol. The first-order chi connectivity index (χ1) is 6.86. The Labute approximate surface area is 85.5 Å². The summed E-state index contributed by atoms with van der Waals surface area (Å²) in [5, 5.41) is 7.77. The van der Waals surface area contributed by atoms with Gasteiger partial charge in [-0.3, -0.25) is 4.68 Å². The Morgan fingerprint density at radius 2 is 2.43 bits per heavy atom. The van der Waals surface area contributed by atoms with Crippen molar-refractivity contribution in [2.75, 3.05) is 7.05 Å². The summed E-state index contributed by atoms with van der Waals surface area (Å²) >= 11 is 0. The van der Waals surface area contributed by atoms with E-state index in [1.54, 1.807) is 0 Å². The molecule has 2 rings (SSSR count). The van der Waals surface area contributed by atoms with Crippen LogP contribution in [0.3, 0.4) is 0 Å². The van der Waals surface area contributed by atoms with Gasteiger partial charge in [-0.2, -0.15) is 5.10 Å². The Bertz CT molecular complexity index is 288. The van der Waals surface area contributed by atoms with Crippen molar-refractivity contribution >= 4 is 0 Å². The van der Waals surface area contributed by atoms with Gasteiger partial charge in [0, 0.05) is 12.7 Å². The molecule has 0 bridgehead atoms. The van der Waals surface area contributed by atoms with Gasteiger partial charge >= 0.3 is 0 Å². The molecule has 1 aliphatic rings. The third kappa shape index (κ3) is 1.82. The summed E-state index contributed by atoms with van der Waals surface area (Å²) < 4.78 is 2.14. The van der Waals surface area contributed by atoms with Crippen molar-refractivity contribution in [2.24, 2.45) is 5.92 Å². The Morgan fingerprint density at radius 3 is 3.00 bits per heavy atom. The van der Waals surface area contributed by atoms with Crippen LogP contribution < -0.4 is 5.32 Å². The zero-order valence-electron chi connectivity index (χ0n) is 9.03. The van der Waals surface area contributed by atoms with Crippen LogP contribution in [0.4, 0.5) is 0 Å². The molecule has 1 aromatic heterocycles. The molecule has 1 atom stereocenters. The molecule has 1 aliphatic carbocycles. The summed E-state index contributed by atoms with van der Waals surface area (Å²) in [6.45, 7) is 3.23. The van der Waals surface area contributed by atoms with E-state index in [2.05, 4.69) is 28.1 Å². The standard InChI is InChI=1S/C11H19N3/c1-3-8-14-10(6-7-13-14)11(12-2)9-4-5-9/h6-7,9,11-12H,3-5,8H2,1-2H3. The highest BCUT2D eigenvalue weighted by molar-refractivity contribution is 5.10. The molecule has 0 spiro atoms.